The third kappa shape index (κ3) is 7.08. The fraction of sp³-hybridized carbons (Fsp3) is 0.444. The van der Waals surface area contributed by atoms with Gasteiger partial charge in [0.25, 0.3) is 0 Å². The van der Waals surface area contributed by atoms with Crippen molar-refractivity contribution in [1.82, 2.24) is 4.90 Å². The van der Waals surface area contributed by atoms with Crippen molar-refractivity contribution in [3.63, 3.8) is 0 Å². The Morgan fingerprint density at radius 3 is 2.18 bits per heavy atom. The maximum Gasteiger partial charge on any atom is 0.229 e. The summed E-state index contributed by atoms with van der Waals surface area (Å²) in [6.07, 6.45) is 2.42. The Bertz CT molecular complexity index is 1610. The summed E-state index contributed by atoms with van der Waals surface area (Å²) in [4.78, 5) is 30.4. The molecule has 0 radical (unpaired) electrons. The van der Waals surface area contributed by atoms with Gasteiger partial charge in [-0.1, -0.05) is 84.7 Å². The van der Waals surface area contributed by atoms with Crippen LogP contribution in [0.3, 0.4) is 0 Å². The van der Waals surface area contributed by atoms with Crippen LogP contribution in [0.2, 0.25) is 10.0 Å². The number of hydrogen-bond acceptors (Lipinski definition) is 4. The maximum atomic E-state index is 15.0. The van der Waals surface area contributed by atoms with Crippen LogP contribution in [0.15, 0.2) is 78.9 Å². The van der Waals surface area contributed by atoms with Crippen molar-refractivity contribution in [1.29, 1.82) is 0 Å². The average Bonchev–Trinajstić information content (AvgIpc) is 3.79. The lowest BCUT2D eigenvalue weighted by molar-refractivity contribution is -0.157. The van der Waals surface area contributed by atoms with Crippen molar-refractivity contribution >= 4 is 44.7 Å². The number of benzene rings is 3. The molecular formula is C36H41Cl2NO4S. The Hall–Kier alpha value is -2.67. The van der Waals surface area contributed by atoms with Crippen LogP contribution < -0.4 is 0 Å². The quantitative estimate of drug-likeness (QED) is 0.221. The summed E-state index contributed by atoms with van der Waals surface area (Å²) in [5.41, 5.74) is 1.69. The van der Waals surface area contributed by atoms with E-state index < -0.39 is 32.1 Å². The average molecular weight is 655 g/mol. The lowest BCUT2D eigenvalue weighted by Crippen LogP contribution is -2.58. The highest BCUT2D eigenvalue weighted by molar-refractivity contribution is 7.92. The Balaban J connectivity index is 1.65. The zero-order valence-corrected chi connectivity index (χ0v) is 28.1. The largest absolute Gasteiger partial charge is 0.330 e. The second-order valence-corrected chi connectivity index (χ2v) is 17.5. The second-order valence-electron chi connectivity index (χ2n) is 13.8. The van der Waals surface area contributed by atoms with E-state index in [9.17, 15) is 18.0 Å². The molecule has 8 heteroatoms. The topological polar surface area (TPSA) is 71.5 Å². The van der Waals surface area contributed by atoms with E-state index in [-0.39, 0.29) is 42.1 Å². The first-order valence-electron chi connectivity index (χ1n) is 15.3. The van der Waals surface area contributed by atoms with Gasteiger partial charge in [0.15, 0.2) is 9.84 Å². The molecule has 1 amide bonds. The monoisotopic (exact) mass is 653 g/mol. The standard InChI is InChI=1S/C36H41Cl2NO4S/c1-35(2,3)44(42,43)23-32(25-13-14-25)39-33(26-15-17-28(37)18-16-26)31(27-11-8-12-29(38)20-27)22-36(4,34(39)41)21-30(40)19-24-9-6-5-7-10-24/h5-12,15-18,20,25,31-33H,13-14,19,21-23H2,1-4H3/t31-,32-,33-,36+/m1/s1. The molecule has 1 saturated heterocycles. The summed E-state index contributed by atoms with van der Waals surface area (Å²) in [6.45, 7) is 7.01. The number of nitrogens with zero attached hydrogens (tertiary/aromatic N) is 1. The minimum Gasteiger partial charge on any atom is -0.330 e. The molecule has 5 nitrogen and oxygen atoms in total. The van der Waals surface area contributed by atoms with Gasteiger partial charge in [0.1, 0.15) is 5.78 Å². The van der Waals surface area contributed by atoms with E-state index in [1.165, 1.54) is 0 Å². The van der Waals surface area contributed by atoms with Crippen LogP contribution in [-0.2, 0) is 25.8 Å². The predicted octanol–water partition coefficient (Wildman–Crippen LogP) is 8.25. The first-order chi connectivity index (χ1) is 20.7. The molecule has 3 aromatic rings. The highest BCUT2D eigenvalue weighted by Gasteiger charge is 2.55. The summed E-state index contributed by atoms with van der Waals surface area (Å²) in [7, 11) is -3.58. The molecule has 0 N–H and O–H groups in total. The molecule has 4 atom stereocenters. The Labute approximate surface area is 271 Å². The zero-order valence-electron chi connectivity index (χ0n) is 25.8. The van der Waals surface area contributed by atoms with Gasteiger partial charge >= 0.3 is 0 Å². The number of rotatable bonds is 10. The highest BCUT2D eigenvalue weighted by Crippen LogP contribution is 2.54. The molecule has 1 aliphatic carbocycles. The summed E-state index contributed by atoms with van der Waals surface area (Å²) < 4.78 is 26.5. The molecule has 0 unspecified atom stereocenters. The number of likely N-dealkylation sites (tertiary alicyclic amines) is 1. The number of carbonyl (C=O) groups is 2. The Kier molecular flexibility index (Phi) is 9.38. The maximum absolute atomic E-state index is 15.0. The van der Waals surface area contributed by atoms with Gasteiger partial charge in [-0.25, -0.2) is 8.42 Å². The van der Waals surface area contributed by atoms with Crippen molar-refractivity contribution in [3.05, 3.63) is 106 Å². The number of halogens is 2. The van der Waals surface area contributed by atoms with Crippen LogP contribution in [0.25, 0.3) is 0 Å². The first kappa shape index (κ1) is 32.7. The number of hydrogen-bond donors (Lipinski definition) is 0. The molecule has 44 heavy (non-hydrogen) atoms. The molecule has 0 aromatic heterocycles. The van der Waals surface area contributed by atoms with E-state index in [1.54, 1.807) is 20.8 Å². The third-order valence-corrected chi connectivity index (χ3v) is 12.4. The summed E-state index contributed by atoms with van der Waals surface area (Å²) >= 11 is 12.8. The van der Waals surface area contributed by atoms with E-state index in [1.807, 2.05) is 90.7 Å². The van der Waals surface area contributed by atoms with Crippen LogP contribution in [0.5, 0.6) is 0 Å². The van der Waals surface area contributed by atoms with Gasteiger partial charge in [0.05, 0.1) is 22.0 Å². The minimum absolute atomic E-state index is 0.0212. The molecule has 2 aliphatic rings. The Morgan fingerprint density at radius 1 is 0.932 bits per heavy atom. The summed E-state index contributed by atoms with van der Waals surface area (Å²) in [5.74, 6) is -0.494. The molecule has 2 fully saturated rings. The second kappa shape index (κ2) is 12.6. The lowest BCUT2D eigenvalue weighted by Gasteiger charge is -2.52. The van der Waals surface area contributed by atoms with Gasteiger partial charge in [0, 0.05) is 34.8 Å². The van der Waals surface area contributed by atoms with Crippen LogP contribution in [0.4, 0.5) is 0 Å². The molecule has 234 valence electrons. The van der Waals surface area contributed by atoms with Crippen LogP contribution in [0.1, 0.15) is 82.0 Å². The van der Waals surface area contributed by atoms with E-state index in [2.05, 4.69) is 0 Å². The summed E-state index contributed by atoms with van der Waals surface area (Å²) in [6, 6.07) is 23.7. The van der Waals surface area contributed by atoms with E-state index in [4.69, 9.17) is 23.2 Å². The fourth-order valence-electron chi connectivity index (χ4n) is 6.63. The van der Waals surface area contributed by atoms with Crippen molar-refractivity contribution in [3.8, 4) is 0 Å². The molecule has 5 rings (SSSR count). The normalized spacial score (nSPS) is 23.4. The molecule has 0 bridgehead atoms. The van der Waals surface area contributed by atoms with Gasteiger partial charge in [-0.3, -0.25) is 9.59 Å². The molecule has 1 aliphatic heterocycles. The Morgan fingerprint density at radius 2 is 1.59 bits per heavy atom. The number of ketones is 1. The smallest absolute Gasteiger partial charge is 0.229 e. The van der Waals surface area contributed by atoms with Crippen LogP contribution >= 0.6 is 23.2 Å². The first-order valence-corrected chi connectivity index (χ1v) is 17.7. The number of carbonyl (C=O) groups excluding carboxylic acids is 2. The SMILES string of the molecule is CC(C)(C)S(=O)(=O)C[C@H](C1CC1)N1C(=O)[C@@](C)(CC(=O)Cc2ccccc2)C[C@H](c2cccc(Cl)c2)[C@H]1c1ccc(Cl)cc1. The van der Waals surface area contributed by atoms with Crippen molar-refractivity contribution in [2.45, 2.75) is 82.5 Å². The summed E-state index contributed by atoms with van der Waals surface area (Å²) in [5, 5.41) is 1.16. The van der Waals surface area contributed by atoms with Crippen molar-refractivity contribution in [2.75, 3.05) is 5.75 Å². The van der Waals surface area contributed by atoms with Crippen LogP contribution in [0, 0.1) is 11.3 Å². The third-order valence-electron chi connectivity index (χ3n) is 9.27. The molecular weight excluding hydrogens is 613 g/mol. The number of sulfone groups is 1. The van der Waals surface area contributed by atoms with Crippen molar-refractivity contribution in [2.24, 2.45) is 11.3 Å². The van der Waals surface area contributed by atoms with Gasteiger partial charge in [-0.05, 0) is 86.9 Å². The number of amides is 1. The van der Waals surface area contributed by atoms with Crippen molar-refractivity contribution < 1.29 is 18.0 Å². The lowest BCUT2D eigenvalue weighted by atomic mass is 9.66. The molecule has 1 heterocycles. The fourth-order valence-corrected chi connectivity index (χ4v) is 8.34. The highest BCUT2D eigenvalue weighted by atomic mass is 35.5. The minimum atomic E-state index is -3.58. The zero-order chi connectivity index (χ0) is 31.9. The van der Waals surface area contributed by atoms with E-state index in [0.29, 0.717) is 16.5 Å². The van der Waals surface area contributed by atoms with Gasteiger partial charge in [-0.2, -0.15) is 0 Å². The number of Topliss-reactive ketones (excluding diaryl/α,β-unsaturated/α-hetero) is 1. The predicted molar refractivity (Wildman–Crippen MR) is 178 cm³/mol. The van der Waals surface area contributed by atoms with Gasteiger partial charge < -0.3 is 4.90 Å². The molecule has 1 saturated carbocycles. The van der Waals surface area contributed by atoms with E-state index >= 15 is 0 Å². The van der Waals surface area contributed by atoms with Crippen LogP contribution in [-0.4, -0.2) is 41.5 Å². The van der Waals surface area contributed by atoms with E-state index in [0.717, 1.165) is 29.5 Å². The number of piperidine rings is 1. The van der Waals surface area contributed by atoms with Gasteiger partial charge in [0.2, 0.25) is 5.91 Å². The molecule has 3 aromatic carbocycles. The van der Waals surface area contributed by atoms with Gasteiger partial charge in [-0.15, -0.1) is 0 Å². The molecule has 0 spiro atoms.